The number of rotatable bonds is 5. The van der Waals surface area contributed by atoms with E-state index in [9.17, 15) is 13.2 Å². The summed E-state index contributed by atoms with van der Waals surface area (Å²) in [4.78, 5) is 17.3. The van der Waals surface area contributed by atoms with Crippen molar-refractivity contribution in [1.29, 1.82) is 0 Å². The van der Waals surface area contributed by atoms with Gasteiger partial charge >= 0.3 is 5.97 Å². The Hall–Kier alpha value is -1.44. The molecule has 0 bridgehead atoms. The predicted molar refractivity (Wildman–Crippen MR) is 60.1 cm³/mol. The molecule has 1 rings (SSSR count). The van der Waals surface area contributed by atoms with Gasteiger partial charge in [0.05, 0.1) is 17.1 Å². The molecule has 0 aliphatic carbocycles. The van der Waals surface area contributed by atoms with Crippen molar-refractivity contribution >= 4 is 16.0 Å². The Bertz CT molecular complexity index is 523. The Morgan fingerprint density at radius 3 is 2.65 bits per heavy atom. The highest BCUT2D eigenvalue weighted by Crippen LogP contribution is 2.18. The fourth-order valence-electron chi connectivity index (χ4n) is 1.32. The number of nitrogens with one attached hydrogen (secondary N) is 1. The number of carboxylic acid groups (broad SMARTS) is 1. The summed E-state index contributed by atoms with van der Waals surface area (Å²) in [5, 5.41) is 8.89. The zero-order chi connectivity index (χ0) is 13.1. The van der Waals surface area contributed by atoms with Crippen molar-refractivity contribution in [3.05, 3.63) is 29.3 Å². The summed E-state index contributed by atoms with van der Waals surface area (Å²) in [5.41, 5.74) is 0.122. The lowest BCUT2D eigenvalue weighted by molar-refractivity contribution is 0.0695. The molecule has 0 saturated heterocycles. The molecular formula is C10H13NO5S. The third-order valence-electron chi connectivity index (χ3n) is 2.12. The quantitative estimate of drug-likeness (QED) is 0.767. The number of hydrogen-bond acceptors (Lipinski definition) is 4. The molecule has 6 nitrogen and oxygen atoms in total. The molecule has 1 aromatic carbocycles. The van der Waals surface area contributed by atoms with Gasteiger partial charge in [0.1, 0.15) is 0 Å². The topological polar surface area (TPSA) is 92.7 Å². The first-order valence-electron chi connectivity index (χ1n) is 4.86. The molecule has 0 spiro atoms. The van der Waals surface area contributed by atoms with E-state index in [1.165, 1.54) is 25.1 Å². The first-order chi connectivity index (χ1) is 7.90. The van der Waals surface area contributed by atoms with E-state index in [2.05, 4.69) is 4.84 Å². The van der Waals surface area contributed by atoms with Crippen LogP contribution in [-0.2, 0) is 14.9 Å². The second-order valence-electron chi connectivity index (χ2n) is 3.25. The highest BCUT2D eigenvalue weighted by molar-refractivity contribution is 7.89. The fourth-order valence-corrected chi connectivity index (χ4v) is 2.45. The van der Waals surface area contributed by atoms with Gasteiger partial charge in [-0.2, -0.15) is 0 Å². The Morgan fingerprint density at radius 1 is 1.47 bits per heavy atom. The summed E-state index contributed by atoms with van der Waals surface area (Å²) in [7, 11) is -3.84. The van der Waals surface area contributed by atoms with Gasteiger partial charge in [0, 0.05) is 0 Å². The molecular weight excluding hydrogens is 246 g/mol. The zero-order valence-corrected chi connectivity index (χ0v) is 10.2. The van der Waals surface area contributed by atoms with E-state index >= 15 is 0 Å². The highest BCUT2D eigenvalue weighted by Gasteiger charge is 2.20. The molecule has 2 N–H and O–H groups in total. The second-order valence-corrected chi connectivity index (χ2v) is 4.87. The van der Waals surface area contributed by atoms with Crippen LogP contribution in [0.3, 0.4) is 0 Å². The summed E-state index contributed by atoms with van der Waals surface area (Å²) < 4.78 is 23.5. The molecule has 0 aliphatic heterocycles. The van der Waals surface area contributed by atoms with Gasteiger partial charge in [0.15, 0.2) is 0 Å². The van der Waals surface area contributed by atoms with Gasteiger partial charge in [0.2, 0.25) is 0 Å². The predicted octanol–water partition coefficient (Wildman–Crippen LogP) is 0.923. The summed E-state index contributed by atoms with van der Waals surface area (Å²) in [6, 6.07) is 4.04. The molecule has 0 unspecified atom stereocenters. The Morgan fingerprint density at radius 2 is 2.12 bits per heavy atom. The third kappa shape index (κ3) is 3.02. The fraction of sp³-hybridized carbons (Fsp3) is 0.300. The molecule has 0 amide bonds. The average Bonchev–Trinajstić information content (AvgIpc) is 2.26. The summed E-state index contributed by atoms with van der Waals surface area (Å²) >= 11 is 0. The van der Waals surface area contributed by atoms with Gasteiger partial charge in [-0.1, -0.05) is 11.0 Å². The van der Waals surface area contributed by atoms with E-state index in [0.717, 1.165) is 0 Å². The van der Waals surface area contributed by atoms with Crippen LogP contribution in [0.4, 0.5) is 0 Å². The lowest BCUT2D eigenvalue weighted by Gasteiger charge is -2.10. The van der Waals surface area contributed by atoms with Gasteiger partial charge in [-0.25, -0.2) is 13.2 Å². The van der Waals surface area contributed by atoms with Crippen LogP contribution in [0.25, 0.3) is 0 Å². The molecule has 0 aromatic heterocycles. The minimum atomic E-state index is -3.84. The molecule has 17 heavy (non-hydrogen) atoms. The smallest absolute Gasteiger partial charge is 0.335 e. The number of carbonyl (C=O) groups is 1. The Balaban J connectivity index is 3.24. The van der Waals surface area contributed by atoms with Gasteiger partial charge in [-0.3, -0.25) is 4.84 Å². The van der Waals surface area contributed by atoms with Gasteiger partial charge in [0.25, 0.3) is 10.0 Å². The lowest BCUT2D eigenvalue weighted by atomic mass is 10.1. The molecule has 0 heterocycles. The van der Waals surface area contributed by atoms with E-state index in [1.807, 2.05) is 4.89 Å². The monoisotopic (exact) mass is 259 g/mol. The van der Waals surface area contributed by atoms with Crippen LogP contribution in [0.2, 0.25) is 0 Å². The molecule has 94 valence electrons. The molecule has 0 radical (unpaired) electrons. The van der Waals surface area contributed by atoms with E-state index in [4.69, 9.17) is 5.11 Å². The number of sulfonamides is 1. The minimum Gasteiger partial charge on any atom is -0.478 e. The van der Waals surface area contributed by atoms with Crippen molar-refractivity contribution in [2.45, 2.75) is 18.7 Å². The van der Waals surface area contributed by atoms with Crippen LogP contribution in [0.15, 0.2) is 23.1 Å². The van der Waals surface area contributed by atoms with E-state index in [0.29, 0.717) is 0 Å². The molecule has 0 aliphatic rings. The van der Waals surface area contributed by atoms with Crippen molar-refractivity contribution < 1.29 is 23.2 Å². The SMILES string of the molecule is CCONS(=O)(=O)c1cccc(C(=O)O)c1C. The van der Waals surface area contributed by atoms with Crippen LogP contribution < -0.4 is 4.89 Å². The van der Waals surface area contributed by atoms with Crippen molar-refractivity contribution in [2.75, 3.05) is 6.61 Å². The third-order valence-corrected chi connectivity index (χ3v) is 3.48. The number of carboxylic acids is 1. The van der Waals surface area contributed by atoms with Crippen molar-refractivity contribution in [3.63, 3.8) is 0 Å². The maximum absolute atomic E-state index is 11.8. The lowest BCUT2D eigenvalue weighted by Crippen LogP contribution is -2.25. The van der Waals surface area contributed by atoms with Crippen LogP contribution in [0, 0.1) is 6.92 Å². The molecule has 0 atom stereocenters. The molecule has 7 heteroatoms. The summed E-state index contributed by atoms with van der Waals surface area (Å²) in [6.07, 6.45) is 0. The standard InChI is InChI=1S/C10H13NO5S/c1-3-16-11-17(14,15)9-6-4-5-8(7(9)2)10(12)13/h4-6,11H,3H2,1-2H3,(H,12,13). The number of aromatic carboxylic acids is 1. The number of benzene rings is 1. The largest absolute Gasteiger partial charge is 0.478 e. The zero-order valence-electron chi connectivity index (χ0n) is 9.43. The maximum atomic E-state index is 11.8. The minimum absolute atomic E-state index is 0.0515. The van der Waals surface area contributed by atoms with Gasteiger partial charge in [-0.15, -0.1) is 0 Å². The first kappa shape index (κ1) is 13.6. The Kier molecular flexibility index (Phi) is 4.22. The number of hydrogen-bond donors (Lipinski definition) is 2. The van der Waals surface area contributed by atoms with Gasteiger partial charge in [-0.05, 0) is 31.5 Å². The van der Waals surface area contributed by atoms with Crippen LogP contribution in [0.5, 0.6) is 0 Å². The van der Waals surface area contributed by atoms with E-state index < -0.39 is 16.0 Å². The normalized spacial score (nSPS) is 11.4. The van der Waals surface area contributed by atoms with Crippen molar-refractivity contribution in [2.24, 2.45) is 0 Å². The average molecular weight is 259 g/mol. The second kappa shape index (κ2) is 5.26. The Labute approximate surface area is 99.2 Å². The highest BCUT2D eigenvalue weighted by atomic mass is 32.2. The summed E-state index contributed by atoms with van der Waals surface area (Å²) in [5.74, 6) is -1.17. The summed E-state index contributed by atoms with van der Waals surface area (Å²) in [6.45, 7) is 3.24. The maximum Gasteiger partial charge on any atom is 0.335 e. The van der Waals surface area contributed by atoms with Crippen LogP contribution in [-0.4, -0.2) is 26.1 Å². The van der Waals surface area contributed by atoms with Crippen molar-refractivity contribution in [3.8, 4) is 0 Å². The molecule has 0 saturated carbocycles. The van der Waals surface area contributed by atoms with E-state index in [1.54, 1.807) is 6.92 Å². The van der Waals surface area contributed by atoms with Crippen LogP contribution in [0.1, 0.15) is 22.8 Å². The van der Waals surface area contributed by atoms with Crippen molar-refractivity contribution in [1.82, 2.24) is 4.89 Å². The molecule has 0 fully saturated rings. The first-order valence-corrected chi connectivity index (χ1v) is 6.35. The van der Waals surface area contributed by atoms with E-state index in [-0.39, 0.29) is 22.6 Å². The van der Waals surface area contributed by atoms with Gasteiger partial charge < -0.3 is 5.11 Å². The molecule has 1 aromatic rings. The van der Waals surface area contributed by atoms with Crippen LogP contribution >= 0.6 is 0 Å².